The molecule has 1 aliphatic carbocycles. The van der Waals surface area contributed by atoms with Crippen LogP contribution in [0.25, 0.3) is 0 Å². The van der Waals surface area contributed by atoms with Gasteiger partial charge < -0.3 is 15.2 Å². The van der Waals surface area contributed by atoms with Crippen molar-refractivity contribution in [2.45, 2.75) is 62.0 Å². The highest BCUT2D eigenvalue weighted by Gasteiger charge is 2.22. The number of rotatable bonds is 7. The fourth-order valence-corrected chi connectivity index (χ4v) is 4.12. The van der Waals surface area contributed by atoms with Crippen LogP contribution in [0.1, 0.15) is 55.2 Å². The Morgan fingerprint density at radius 1 is 1.24 bits per heavy atom. The first-order valence-electron chi connectivity index (χ1n) is 9.83. The van der Waals surface area contributed by atoms with E-state index in [1.165, 1.54) is 36.4 Å². The van der Waals surface area contributed by atoms with Gasteiger partial charge in [0.15, 0.2) is 11.0 Å². The molecule has 0 saturated heterocycles. The van der Waals surface area contributed by atoms with Crippen LogP contribution in [-0.4, -0.2) is 37.9 Å². The number of nitrogens with zero attached hydrogens (tertiary/aromatic N) is 3. The Morgan fingerprint density at radius 3 is 2.69 bits per heavy atom. The van der Waals surface area contributed by atoms with Crippen LogP contribution in [0.2, 0.25) is 0 Å². The van der Waals surface area contributed by atoms with E-state index in [1.807, 2.05) is 6.92 Å². The lowest BCUT2D eigenvalue weighted by atomic mass is 9.95. The quantitative estimate of drug-likeness (QED) is 0.674. The summed E-state index contributed by atoms with van der Waals surface area (Å²) in [6, 6.07) is 6.07. The number of halogens is 1. The molecule has 0 bridgehead atoms. The molecule has 1 heterocycles. The molecule has 0 radical (unpaired) electrons. The molecule has 0 spiro atoms. The van der Waals surface area contributed by atoms with Gasteiger partial charge in [-0.3, -0.25) is 9.59 Å². The van der Waals surface area contributed by atoms with Gasteiger partial charge in [-0.25, -0.2) is 4.39 Å². The fraction of sp³-hybridized carbons (Fsp3) is 0.500. The van der Waals surface area contributed by atoms with Crippen LogP contribution in [0.5, 0.6) is 0 Å². The van der Waals surface area contributed by atoms with Crippen molar-refractivity contribution in [2.75, 3.05) is 0 Å². The maximum absolute atomic E-state index is 13.7. The molecule has 0 unspecified atom stereocenters. The number of amides is 2. The second kappa shape index (κ2) is 9.87. The third kappa shape index (κ3) is 5.56. The number of hydrogen-bond acceptors (Lipinski definition) is 5. The summed E-state index contributed by atoms with van der Waals surface area (Å²) in [5.74, 6) is -0.561. The Hall–Kier alpha value is -2.42. The molecule has 0 aliphatic heterocycles. The standard InChI is InChI=1S/C20H26FN5O2S/c1-13(18(27)23-14-8-4-3-5-9-14)29-20-25-24-17(26(20)2)12-22-19(28)15-10-6-7-11-16(15)21/h6-7,10-11,13-14H,3-5,8-9,12H2,1-2H3,(H,22,28)(H,23,27)/t13-/m0/s1. The van der Waals surface area contributed by atoms with Crippen LogP contribution >= 0.6 is 11.8 Å². The van der Waals surface area contributed by atoms with E-state index >= 15 is 0 Å². The van der Waals surface area contributed by atoms with Crippen LogP contribution in [0.3, 0.4) is 0 Å². The molecule has 29 heavy (non-hydrogen) atoms. The van der Waals surface area contributed by atoms with Gasteiger partial charge in [-0.05, 0) is 31.9 Å². The minimum atomic E-state index is -0.572. The Labute approximate surface area is 173 Å². The molecular formula is C20H26FN5O2S. The smallest absolute Gasteiger partial charge is 0.254 e. The number of thioether (sulfide) groups is 1. The zero-order valence-electron chi connectivity index (χ0n) is 16.7. The average Bonchev–Trinajstić information content (AvgIpc) is 3.06. The summed E-state index contributed by atoms with van der Waals surface area (Å²) >= 11 is 1.33. The lowest BCUT2D eigenvalue weighted by Crippen LogP contribution is -2.40. The molecule has 156 valence electrons. The highest BCUT2D eigenvalue weighted by molar-refractivity contribution is 8.00. The topological polar surface area (TPSA) is 88.9 Å². The van der Waals surface area contributed by atoms with Gasteiger partial charge in [0, 0.05) is 13.1 Å². The van der Waals surface area contributed by atoms with Gasteiger partial charge in [-0.2, -0.15) is 0 Å². The molecular weight excluding hydrogens is 393 g/mol. The van der Waals surface area contributed by atoms with Gasteiger partial charge in [0.05, 0.1) is 17.4 Å². The summed E-state index contributed by atoms with van der Waals surface area (Å²) in [7, 11) is 1.78. The Balaban J connectivity index is 1.54. The Bertz CT molecular complexity index is 866. The molecule has 3 rings (SSSR count). The number of carbonyl (C=O) groups is 2. The van der Waals surface area contributed by atoms with Crippen LogP contribution in [0.4, 0.5) is 4.39 Å². The number of benzene rings is 1. The van der Waals surface area contributed by atoms with Gasteiger partial charge in [-0.15, -0.1) is 10.2 Å². The first-order valence-corrected chi connectivity index (χ1v) is 10.7. The monoisotopic (exact) mass is 419 g/mol. The predicted molar refractivity (Wildman–Crippen MR) is 109 cm³/mol. The van der Waals surface area contributed by atoms with E-state index < -0.39 is 11.7 Å². The Kier molecular flexibility index (Phi) is 7.24. The number of hydrogen-bond donors (Lipinski definition) is 2. The maximum atomic E-state index is 13.7. The predicted octanol–water partition coefficient (Wildman–Crippen LogP) is 2.81. The Morgan fingerprint density at radius 2 is 1.97 bits per heavy atom. The first-order chi connectivity index (χ1) is 14.0. The third-order valence-electron chi connectivity index (χ3n) is 5.05. The second-order valence-corrected chi connectivity index (χ2v) is 8.53. The highest BCUT2D eigenvalue weighted by atomic mass is 32.2. The summed E-state index contributed by atoms with van der Waals surface area (Å²) < 4.78 is 15.4. The number of aromatic nitrogens is 3. The summed E-state index contributed by atoms with van der Waals surface area (Å²) in [4.78, 5) is 24.6. The van der Waals surface area contributed by atoms with Crippen molar-refractivity contribution in [3.8, 4) is 0 Å². The highest BCUT2D eigenvalue weighted by Crippen LogP contribution is 2.23. The summed E-state index contributed by atoms with van der Waals surface area (Å²) in [5, 5.41) is 14.3. The van der Waals surface area contributed by atoms with Gasteiger partial charge in [0.1, 0.15) is 5.82 Å². The van der Waals surface area contributed by atoms with Gasteiger partial charge in [0.2, 0.25) is 5.91 Å². The van der Waals surface area contributed by atoms with Gasteiger partial charge >= 0.3 is 0 Å². The molecule has 1 atom stereocenters. The van der Waals surface area contributed by atoms with E-state index in [1.54, 1.807) is 17.7 Å². The number of carbonyl (C=O) groups excluding carboxylic acids is 2. The summed E-state index contributed by atoms with van der Waals surface area (Å²) in [6.07, 6.45) is 5.65. The maximum Gasteiger partial charge on any atom is 0.254 e. The first kappa shape index (κ1) is 21.3. The fourth-order valence-electron chi connectivity index (χ4n) is 3.28. The van der Waals surface area contributed by atoms with E-state index in [2.05, 4.69) is 20.8 Å². The molecule has 1 aromatic heterocycles. The van der Waals surface area contributed by atoms with Crippen LogP contribution < -0.4 is 10.6 Å². The molecule has 1 aliphatic rings. The van der Waals surface area contributed by atoms with E-state index in [4.69, 9.17) is 0 Å². The lowest BCUT2D eigenvalue weighted by Gasteiger charge is -2.24. The molecule has 1 aromatic carbocycles. The van der Waals surface area contributed by atoms with E-state index in [9.17, 15) is 14.0 Å². The van der Waals surface area contributed by atoms with Crippen LogP contribution in [0.15, 0.2) is 29.4 Å². The molecule has 2 aromatic rings. The van der Waals surface area contributed by atoms with Gasteiger partial charge in [-0.1, -0.05) is 43.2 Å². The molecule has 1 fully saturated rings. The number of nitrogens with one attached hydrogen (secondary N) is 2. The van der Waals surface area contributed by atoms with Crippen molar-refractivity contribution in [3.63, 3.8) is 0 Å². The second-order valence-electron chi connectivity index (χ2n) is 7.22. The largest absolute Gasteiger partial charge is 0.352 e. The molecule has 2 amide bonds. The van der Waals surface area contributed by atoms with E-state index in [0.29, 0.717) is 11.0 Å². The minimum Gasteiger partial charge on any atom is -0.352 e. The SMILES string of the molecule is C[C@H](Sc1nnc(CNC(=O)c2ccccc2F)n1C)C(=O)NC1CCCCC1. The lowest BCUT2D eigenvalue weighted by molar-refractivity contribution is -0.121. The third-order valence-corrected chi connectivity index (χ3v) is 6.19. The zero-order chi connectivity index (χ0) is 20.8. The molecule has 7 nitrogen and oxygen atoms in total. The van der Waals surface area contributed by atoms with Crippen molar-refractivity contribution in [1.29, 1.82) is 0 Å². The summed E-state index contributed by atoms with van der Waals surface area (Å²) in [6.45, 7) is 1.96. The van der Waals surface area contributed by atoms with Crippen molar-refractivity contribution in [3.05, 3.63) is 41.5 Å². The molecule has 2 N–H and O–H groups in total. The molecule has 9 heteroatoms. The average molecular weight is 420 g/mol. The van der Waals surface area contributed by atoms with Gasteiger partial charge in [0.25, 0.3) is 5.91 Å². The van der Waals surface area contributed by atoms with Crippen LogP contribution in [0, 0.1) is 5.82 Å². The van der Waals surface area contributed by atoms with Crippen molar-refractivity contribution < 1.29 is 14.0 Å². The zero-order valence-corrected chi connectivity index (χ0v) is 17.5. The summed E-state index contributed by atoms with van der Waals surface area (Å²) in [5.41, 5.74) is -0.0164. The minimum absolute atomic E-state index is 0.000643. The van der Waals surface area contributed by atoms with Crippen molar-refractivity contribution in [1.82, 2.24) is 25.4 Å². The van der Waals surface area contributed by atoms with Crippen LogP contribution in [-0.2, 0) is 18.4 Å². The van der Waals surface area contributed by atoms with E-state index in [0.717, 1.165) is 25.7 Å². The van der Waals surface area contributed by atoms with E-state index in [-0.39, 0.29) is 29.3 Å². The normalized spacial score (nSPS) is 15.7. The van der Waals surface area contributed by atoms with Crippen molar-refractivity contribution in [2.24, 2.45) is 7.05 Å². The molecule has 1 saturated carbocycles. The van der Waals surface area contributed by atoms with Crippen molar-refractivity contribution >= 4 is 23.6 Å².